The number of nitrogens with one attached hydrogen (secondary N) is 2. The molecule has 2 N–H and O–H groups in total. The molecule has 0 bridgehead atoms. The maximum absolute atomic E-state index is 12.1. The van der Waals surface area contributed by atoms with Crippen LogP contribution in [0.15, 0.2) is 48.5 Å². The number of carbonyl (C=O) groups excluding carboxylic acids is 2. The van der Waals surface area contributed by atoms with Crippen molar-refractivity contribution >= 4 is 34.8 Å². The molecule has 8 heteroatoms. The van der Waals surface area contributed by atoms with Gasteiger partial charge in [-0.3, -0.25) is 9.59 Å². The summed E-state index contributed by atoms with van der Waals surface area (Å²) in [5.41, 5.74) is 1.02. The molecule has 24 heavy (non-hydrogen) atoms. The Morgan fingerprint density at radius 1 is 0.917 bits per heavy atom. The average Bonchev–Trinajstić information content (AvgIpc) is 2.50. The SMILES string of the molecule is O=C(Cc1ccccc1Cl)Nc1ccc(NC(=O)C(F)(F)F)cc1. The molecule has 0 fully saturated rings. The van der Waals surface area contributed by atoms with Crippen LogP contribution in [0, 0.1) is 0 Å². The molecule has 0 radical (unpaired) electrons. The van der Waals surface area contributed by atoms with Crippen molar-refractivity contribution in [1.82, 2.24) is 0 Å². The molecule has 0 spiro atoms. The summed E-state index contributed by atoms with van der Waals surface area (Å²) in [7, 11) is 0. The first-order valence-electron chi connectivity index (χ1n) is 6.77. The second-order valence-corrected chi connectivity index (χ2v) is 5.25. The van der Waals surface area contributed by atoms with Crippen LogP contribution in [-0.2, 0) is 16.0 Å². The average molecular weight is 357 g/mol. The molecule has 0 unspecified atom stereocenters. The number of halogens is 4. The van der Waals surface area contributed by atoms with Crippen molar-refractivity contribution in [3.05, 3.63) is 59.1 Å². The van der Waals surface area contributed by atoms with Gasteiger partial charge in [0, 0.05) is 16.4 Å². The lowest BCUT2D eigenvalue weighted by Gasteiger charge is -2.09. The van der Waals surface area contributed by atoms with E-state index >= 15 is 0 Å². The normalized spacial score (nSPS) is 11.0. The zero-order valence-electron chi connectivity index (χ0n) is 12.2. The van der Waals surface area contributed by atoms with Gasteiger partial charge in [0.2, 0.25) is 5.91 Å². The Bertz CT molecular complexity index is 746. The molecule has 0 aliphatic carbocycles. The third kappa shape index (κ3) is 4.99. The molecule has 0 atom stereocenters. The topological polar surface area (TPSA) is 58.2 Å². The fourth-order valence-corrected chi connectivity index (χ4v) is 2.06. The second kappa shape index (κ2) is 7.35. The molecule has 0 heterocycles. The van der Waals surface area contributed by atoms with Crippen molar-refractivity contribution in [2.45, 2.75) is 12.6 Å². The van der Waals surface area contributed by atoms with Crippen molar-refractivity contribution in [3.63, 3.8) is 0 Å². The molecule has 0 saturated heterocycles. The quantitative estimate of drug-likeness (QED) is 0.869. The minimum Gasteiger partial charge on any atom is -0.326 e. The van der Waals surface area contributed by atoms with Crippen LogP contribution in [0.25, 0.3) is 0 Å². The van der Waals surface area contributed by atoms with E-state index < -0.39 is 12.1 Å². The molecule has 126 valence electrons. The summed E-state index contributed by atoms with van der Waals surface area (Å²) in [6.07, 6.45) is -4.89. The van der Waals surface area contributed by atoms with Gasteiger partial charge in [-0.2, -0.15) is 13.2 Å². The molecule has 2 rings (SSSR count). The number of benzene rings is 2. The maximum Gasteiger partial charge on any atom is 0.471 e. The summed E-state index contributed by atoms with van der Waals surface area (Å²) in [5, 5.41) is 4.78. The highest BCUT2D eigenvalue weighted by molar-refractivity contribution is 6.31. The van der Waals surface area contributed by atoms with Gasteiger partial charge in [0.25, 0.3) is 0 Å². The molecule has 4 nitrogen and oxygen atoms in total. The number of amides is 2. The van der Waals surface area contributed by atoms with Crippen LogP contribution in [0.2, 0.25) is 5.02 Å². The fraction of sp³-hybridized carbons (Fsp3) is 0.125. The summed E-state index contributed by atoms with van der Waals surface area (Å²) < 4.78 is 36.4. The summed E-state index contributed by atoms with van der Waals surface area (Å²) in [6, 6.07) is 12.2. The van der Waals surface area contributed by atoms with Crippen LogP contribution in [-0.4, -0.2) is 18.0 Å². The Morgan fingerprint density at radius 2 is 1.46 bits per heavy atom. The van der Waals surface area contributed by atoms with Gasteiger partial charge in [-0.05, 0) is 35.9 Å². The Balaban J connectivity index is 1.95. The molecule has 2 aromatic carbocycles. The Kier molecular flexibility index (Phi) is 5.46. The number of hydrogen-bond acceptors (Lipinski definition) is 2. The van der Waals surface area contributed by atoms with Crippen molar-refractivity contribution in [2.75, 3.05) is 10.6 Å². The van der Waals surface area contributed by atoms with E-state index in [2.05, 4.69) is 5.32 Å². The predicted molar refractivity (Wildman–Crippen MR) is 84.9 cm³/mol. The Labute approximate surface area is 140 Å². The van der Waals surface area contributed by atoms with E-state index in [4.69, 9.17) is 11.6 Å². The first kappa shape index (κ1) is 17.8. The van der Waals surface area contributed by atoms with Crippen molar-refractivity contribution in [3.8, 4) is 0 Å². The molecular weight excluding hydrogens is 345 g/mol. The van der Waals surface area contributed by atoms with Gasteiger partial charge < -0.3 is 10.6 Å². The monoisotopic (exact) mass is 356 g/mol. The molecule has 0 saturated carbocycles. The lowest BCUT2D eigenvalue weighted by Crippen LogP contribution is -2.29. The molecule has 0 aliphatic heterocycles. The molecule has 0 aromatic heterocycles. The van der Waals surface area contributed by atoms with Gasteiger partial charge in [0.1, 0.15) is 0 Å². The third-order valence-corrected chi connectivity index (χ3v) is 3.36. The zero-order valence-corrected chi connectivity index (χ0v) is 12.9. The van der Waals surface area contributed by atoms with E-state index in [1.807, 2.05) is 0 Å². The van der Waals surface area contributed by atoms with Crippen LogP contribution in [0.3, 0.4) is 0 Å². The van der Waals surface area contributed by atoms with E-state index in [1.54, 1.807) is 29.6 Å². The largest absolute Gasteiger partial charge is 0.471 e. The summed E-state index contributed by atoms with van der Waals surface area (Å²) in [6.45, 7) is 0. The van der Waals surface area contributed by atoms with Gasteiger partial charge >= 0.3 is 12.1 Å². The highest BCUT2D eigenvalue weighted by Gasteiger charge is 2.38. The standard InChI is InChI=1S/C16H12ClF3N2O2/c17-13-4-2-1-3-10(13)9-14(23)21-11-5-7-12(8-6-11)22-15(24)16(18,19)20/h1-8H,9H2,(H,21,23)(H,22,24). The summed E-state index contributed by atoms with van der Waals surface area (Å²) >= 11 is 5.97. The second-order valence-electron chi connectivity index (χ2n) is 4.85. The number of rotatable bonds is 4. The van der Waals surface area contributed by atoms with Crippen LogP contribution >= 0.6 is 11.6 Å². The van der Waals surface area contributed by atoms with Crippen LogP contribution < -0.4 is 10.6 Å². The van der Waals surface area contributed by atoms with Gasteiger partial charge in [-0.25, -0.2) is 0 Å². The van der Waals surface area contributed by atoms with Crippen molar-refractivity contribution in [1.29, 1.82) is 0 Å². The van der Waals surface area contributed by atoms with Crippen LogP contribution in [0.1, 0.15) is 5.56 Å². The minimum absolute atomic E-state index is 0.0265. The van der Waals surface area contributed by atoms with E-state index in [9.17, 15) is 22.8 Å². The van der Waals surface area contributed by atoms with Crippen LogP contribution in [0.4, 0.5) is 24.5 Å². The maximum atomic E-state index is 12.1. The Morgan fingerprint density at radius 3 is 2.00 bits per heavy atom. The number of anilines is 2. The van der Waals surface area contributed by atoms with E-state index in [-0.39, 0.29) is 18.0 Å². The molecular formula is C16H12ClF3N2O2. The Hall–Kier alpha value is -2.54. The van der Waals surface area contributed by atoms with Gasteiger partial charge in [0.15, 0.2) is 0 Å². The highest BCUT2D eigenvalue weighted by atomic mass is 35.5. The van der Waals surface area contributed by atoms with E-state index in [0.29, 0.717) is 16.3 Å². The van der Waals surface area contributed by atoms with Crippen molar-refractivity contribution < 1.29 is 22.8 Å². The molecule has 2 amide bonds. The molecule has 0 aliphatic rings. The minimum atomic E-state index is -4.96. The number of alkyl halides is 3. The van der Waals surface area contributed by atoms with Crippen molar-refractivity contribution in [2.24, 2.45) is 0 Å². The first-order chi connectivity index (χ1) is 11.3. The van der Waals surface area contributed by atoms with Gasteiger partial charge in [0.05, 0.1) is 6.42 Å². The van der Waals surface area contributed by atoms with E-state index in [0.717, 1.165) is 0 Å². The fourth-order valence-electron chi connectivity index (χ4n) is 1.86. The van der Waals surface area contributed by atoms with Gasteiger partial charge in [-0.15, -0.1) is 0 Å². The predicted octanol–water partition coefficient (Wildman–Crippen LogP) is 4.02. The highest BCUT2D eigenvalue weighted by Crippen LogP contribution is 2.20. The smallest absolute Gasteiger partial charge is 0.326 e. The third-order valence-electron chi connectivity index (χ3n) is 2.99. The summed E-state index contributed by atoms with van der Waals surface area (Å²) in [4.78, 5) is 22.8. The van der Waals surface area contributed by atoms with Crippen LogP contribution in [0.5, 0.6) is 0 Å². The number of hydrogen-bond donors (Lipinski definition) is 2. The lowest BCUT2D eigenvalue weighted by molar-refractivity contribution is -0.167. The lowest BCUT2D eigenvalue weighted by atomic mass is 10.1. The zero-order chi connectivity index (χ0) is 17.7. The summed E-state index contributed by atoms with van der Waals surface area (Å²) in [5.74, 6) is -2.38. The molecule has 2 aromatic rings. The van der Waals surface area contributed by atoms with E-state index in [1.165, 1.54) is 24.3 Å². The van der Waals surface area contributed by atoms with Gasteiger partial charge in [-0.1, -0.05) is 29.8 Å². The first-order valence-corrected chi connectivity index (χ1v) is 7.15. The number of carbonyl (C=O) groups is 2.